The van der Waals surface area contributed by atoms with Gasteiger partial charge in [0.15, 0.2) is 0 Å². The first-order chi connectivity index (χ1) is 17.8. The van der Waals surface area contributed by atoms with Crippen molar-refractivity contribution >= 4 is 16.9 Å². The van der Waals surface area contributed by atoms with Crippen molar-refractivity contribution in [3.63, 3.8) is 0 Å². The average Bonchev–Trinajstić information content (AvgIpc) is 3.49. The second-order valence-electron chi connectivity index (χ2n) is 9.97. The van der Waals surface area contributed by atoms with Crippen molar-refractivity contribution in [2.45, 2.75) is 58.5 Å². The van der Waals surface area contributed by atoms with Gasteiger partial charge in [-0.15, -0.1) is 0 Å². The van der Waals surface area contributed by atoms with E-state index in [0.29, 0.717) is 46.6 Å². The molecule has 3 aliphatic heterocycles. The Balaban J connectivity index is 1.61. The Kier molecular flexibility index (Phi) is 5.96. The normalized spacial score (nSPS) is 19.5. The van der Waals surface area contributed by atoms with Gasteiger partial charge in [-0.25, -0.2) is 0 Å². The number of aliphatic hydroxyl groups is 1. The van der Waals surface area contributed by atoms with Gasteiger partial charge in [-0.2, -0.15) is 0 Å². The molecule has 0 fully saturated rings. The number of alkyl halides is 2. The number of halogens is 1. The summed E-state index contributed by atoms with van der Waals surface area (Å²) in [5, 5.41) is 12.2. The van der Waals surface area contributed by atoms with Crippen LogP contribution < -0.4 is 36.2 Å². The van der Waals surface area contributed by atoms with Crippen molar-refractivity contribution in [3.05, 3.63) is 50.8 Å². The first-order valence-electron chi connectivity index (χ1n) is 12.4. The van der Waals surface area contributed by atoms with Crippen molar-refractivity contribution in [2.75, 3.05) is 16.3 Å². The Morgan fingerprint density at radius 2 is 1.92 bits per heavy atom. The van der Waals surface area contributed by atoms with Crippen LogP contribution in [0.3, 0.4) is 0 Å². The summed E-state index contributed by atoms with van der Waals surface area (Å²) in [4.78, 5) is 36.0. The molecule has 3 aliphatic rings. The van der Waals surface area contributed by atoms with Crippen LogP contribution in [0.15, 0.2) is 23.0 Å². The fraction of sp³-hybridized carbons (Fsp3) is 0.444. The third kappa shape index (κ3) is 3.67. The van der Waals surface area contributed by atoms with Gasteiger partial charge < -0.3 is 0 Å². The maximum atomic E-state index is 13.7. The van der Waals surface area contributed by atoms with Gasteiger partial charge in [-0.1, -0.05) is 0 Å². The third-order valence-electron chi connectivity index (χ3n) is 7.66. The summed E-state index contributed by atoms with van der Waals surface area (Å²) in [7, 11) is 0. The summed E-state index contributed by atoms with van der Waals surface area (Å²) in [6.45, 7) is 7.23. The van der Waals surface area contributed by atoms with Gasteiger partial charge in [-0.05, 0) is 0 Å². The maximum absolute atomic E-state index is 13.7. The molecule has 0 unspecified atom stereocenters. The van der Waals surface area contributed by atoms with Gasteiger partial charge in [0.1, 0.15) is 0 Å². The molecule has 2 aromatic heterocycles. The van der Waals surface area contributed by atoms with Crippen LogP contribution in [-0.4, -0.2) is 47.8 Å². The molecule has 5 heterocycles. The van der Waals surface area contributed by atoms with Crippen molar-refractivity contribution in [2.24, 2.45) is 0 Å². The van der Waals surface area contributed by atoms with E-state index in [9.17, 15) is 14.7 Å². The summed E-state index contributed by atoms with van der Waals surface area (Å²) in [6.07, 6.45) is 0.109. The molecular weight excluding hydrogens is 589 g/mol. The molecule has 0 saturated carbocycles. The first kappa shape index (κ1) is 24.6. The number of fused-ring (bicyclic) bond motifs is 6. The Bertz CT molecular complexity index is 1520. The van der Waals surface area contributed by atoms with Crippen molar-refractivity contribution in [1.29, 1.82) is 0 Å². The number of esters is 1. The van der Waals surface area contributed by atoms with Crippen LogP contribution in [-0.2, 0) is 34.8 Å². The molecule has 0 spiro atoms. The molecule has 0 bridgehead atoms. The number of carbonyl (C=O) groups excluding carboxylic acids is 1. The number of hydrogen-bond donors (Lipinski definition) is 1. The zero-order valence-corrected chi connectivity index (χ0v) is 23.4. The van der Waals surface area contributed by atoms with E-state index in [1.165, 1.54) is 0 Å². The zero-order valence-electron chi connectivity index (χ0n) is 21.3. The molecule has 10 heteroatoms. The van der Waals surface area contributed by atoms with E-state index in [2.05, 4.69) is 23.7 Å². The summed E-state index contributed by atoms with van der Waals surface area (Å²) in [6, 6.07) is 6.01. The fourth-order valence-corrected chi connectivity index (χ4v) is 7.36. The summed E-state index contributed by atoms with van der Waals surface area (Å²) >= 11 is 0.0398. The van der Waals surface area contributed by atoms with E-state index in [0.717, 1.165) is 33.1 Å². The van der Waals surface area contributed by atoms with Gasteiger partial charge >= 0.3 is 225 Å². The molecule has 3 aromatic rings. The van der Waals surface area contributed by atoms with Crippen LogP contribution >= 0.6 is 0 Å². The summed E-state index contributed by atoms with van der Waals surface area (Å²) in [5.41, 5.74) is 2.72. The standard InChI is InChI=1S/C27H29IN3O6/c1-5-27(34)19-7-21-24-17(10-31(21)25(32)18(19)11-35-26(27)33)16(9-30(12-28-4)14(2)3)15-6-22-23(37-13-36-22)8-20(15)29-24/h6-8,14,34H,5,9-13H2,1-4H3/q-1/t27-/m0/s1. The number of hydrogen-bond acceptors (Lipinski definition) is 8. The SMILES string of the molecule is CC[C@@]1(O)C(=O)OCc2c1cc1n(c2=O)Cc2c-1nc1cc3c(cc1c2CN(C[I-]C)C(C)C)OCO3. The second-order valence-corrected chi connectivity index (χ2v) is 12.2. The Labute approximate surface area is 224 Å². The number of cyclic esters (lactones) is 1. The predicted molar refractivity (Wildman–Crippen MR) is 132 cm³/mol. The number of ether oxygens (including phenoxy) is 3. The molecule has 1 atom stereocenters. The van der Waals surface area contributed by atoms with E-state index in [1.807, 2.05) is 12.1 Å². The minimum atomic E-state index is -1.85. The van der Waals surface area contributed by atoms with Gasteiger partial charge in [0.25, 0.3) is 0 Å². The van der Waals surface area contributed by atoms with Crippen molar-refractivity contribution in [3.8, 4) is 22.9 Å². The topological polar surface area (TPSA) is 103 Å². The second kappa shape index (κ2) is 8.95. The van der Waals surface area contributed by atoms with E-state index in [4.69, 9.17) is 19.2 Å². The summed E-state index contributed by atoms with van der Waals surface area (Å²) < 4.78 is 19.3. The van der Waals surface area contributed by atoms with Crippen LogP contribution in [0.25, 0.3) is 22.3 Å². The van der Waals surface area contributed by atoms with E-state index < -0.39 is 11.6 Å². The van der Waals surface area contributed by atoms with E-state index in [-0.39, 0.29) is 46.6 Å². The predicted octanol–water partition coefficient (Wildman–Crippen LogP) is -0.305. The number of nitrogens with zero attached hydrogens (tertiary/aromatic N) is 3. The third-order valence-corrected chi connectivity index (χ3v) is 9.22. The molecule has 9 nitrogen and oxygen atoms in total. The van der Waals surface area contributed by atoms with Crippen LogP contribution in [0.4, 0.5) is 0 Å². The quantitative estimate of drug-likeness (QED) is 0.136. The number of pyridine rings is 2. The van der Waals surface area contributed by atoms with E-state index >= 15 is 0 Å². The molecule has 196 valence electrons. The Morgan fingerprint density at radius 1 is 1.16 bits per heavy atom. The van der Waals surface area contributed by atoms with Gasteiger partial charge in [0.05, 0.1) is 0 Å². The molecule has 1 aromatic carbocycles. The number of benzene rings is 1. The van der Waals surface area contributed by atoms with Crippen LogP contribution in [0.5, 0.6) is 11.5 Å². The molecule has 0 radical (unpaired) electrons. The van der Waals surface area contributed by atoms with Crippen molar-refractivity contribution < 1.29 is 45.3 Å². The molecule has 0 aliphatic carbocycles. The molecule has 6 rings (SSSR count). The molecule has 0 saturated heterocycles. The van der Waals surface area contributed by atoms with Gasteiger partial charge in [0.2, 0.25) is 0 Å². The van der Waals surface area contributed by atoms with Crippen LogP contribution in [0.1, 0.15) is 49.4 Å². The minimum absolute atomic E-state index is 0.0398. The number of rotatable bonds is 6. The average molecular weight is 618 g/mol. The Morgan fingerprint density at radius 3 is 2.62 bits per heavy atom. The number of aromatic nitrogens is 2. The molecule has 0 amide bonds. The van der Waals surface area contributed by atoms with Crippen LogP contribution in [0, 0.1) is 0 Å². The van der Waals surface area contributed by atoms with Gasteiger partial charge in [-0.3, -0.25) is 0 Å². The molecule has 1 N–H and O–H groups in total. The molecular formula is C27H29IN3O6-. The first-order valence-corrected chi connectivity index (χ1v) is 16.0. The zero-order chi connectivity index (χ0) is 26.1. The van der Waals surface area contributed by atoms with Gasteiger partial charge in [0, 0.05) is 0 Å². The van der Waals surface area contributed by atoms with Crippen LogP contribution in [0.2, 0.25) is 0 Å². The van der Waals surface area contributed by atoms with E-state index in [1.54, 1.807) is 17.6 Å². The number of carbonyl (C=O) groups is 1. The van der Waals surface area contributed by atoms with Crippen molar-refractivity contribution in [1.82, 2.24) is 14.5 Å². The Hall–Kier alpha value is -2.70. The summed E-state index contributed by atoms with van der Waals surface area (Å²) in [5.74, 6) is 0.622. The monoisotopic (exact) mass is 618 g/mol. The molecule has 37 heavy (non-hydrogen) atoms. The fourth-order valence-electron chi connectivity index (χ4n) is 5.45.